The van der Waals surface area contributed by atoms with Crippen LogP contribution in [-0.4, -0.2) is 37.8 Å². The van der Waals surface area contributed by atoms with E-state index >= 15 is 0 Å². The zero-order valence-electron chi connectivity index (χ0n) is 10.8. The number of rotatable bonds is 5. The number of carbonyl (C=O) groups excluding carboxylic acids is 1. The third-order valence-electron chi connectivity index (χ3n) is 2.45. The van der Waals surface area contributed by atoms with Gasteiger partial charge in [0.2, 0.25) is 0 Å². The van der Waals surface area contributed by atoms with E-state index in [0.29, 0.717) is 0 Å². The van der Waals surface area contributed by atoms with Crippen molar-refractivity contribution in [3.63, 3.8) is 0 Å². The van der Waals surface area contributed by atoms with Crippen molar-refractivity contribution in [3.8, 4) is 0 Å². The van der Waals surface area contributed by atoms with Gasteiger partial charge in [-0.2, -0.15) is 0 Å². The molecule has 0 fully saturated rings. The average molecular weight is 304 g/mol. The number of aryl methyl sites for hydroxylation is 1. The van der Waals surface area contributed by atoms with Crippen LogP contribution in [0.1, 0.15) is 15.9 Å². The Hall–Kier alpha value is -2.03. The number of amides is 1. The molecule has 0 bridgehead atoms. The van der Waals surface area contributed by atoms with Crippen LogP contribution in [0.3, 0.4) is 0 Å². The van der Waals surface area contributed by atoms with E-state index in [4.69, 9.17) is 0 Å². The molecule has 9 heteroatoms. The summed E-state index contributed by atoms with van der Waals surface area (Å²) in [5.74, 6) is -2.06. The molecule has 0 radical (unpaired) electrons. The molecule has 0 heterocycles. The Morgan fingerprint density at radius 1 is 1.45 bits per heavy atom. The number of carbonyl (C=O) groups is 1. The highest BCUT2D eigenvalue weighted by Crippen LogP contribution is 2.20. The van der Waals surface area contributed by atoms with Crippen LogP contribution in [0.2, 0.25) is 0 Å². The van der Waals surface area contributed by atoms with Crippen molar-refractivity contribution in [2.24, 2.45) is 0 Å². The third kappa shape index (κ3) is 4.26. The molecule has 20 heavy (non-hydrogen) atoms. The SMILES string of the molecule is Cc1cc([N+](=O)[O-])cc(C(=O)NCCS(C)(=O)=O)c1F. The minimum atomic E-state index is -3.26. The predicted molar refractivity (Wildman–Crippen MR) is 69.8 cm³/mol. The summed E-state index contributed by atoms with van der Waals surface area (Å²) in [6.07, 6.45) is 0.997. The molecule has 0 saturated heterocycles. The highest BCUT2D eigenvalue weighted by molar-refractivity contribution is 7.90. The van der Waals surface area contributed by atoms with E-state index in [0.717, 1.165) is 18.4 Å². The first-order chi connectivity index (χ1) is 9.11. The summed E-state index contributed by atoms with van der Waals surface area (Å²) >= 11 is 0. The van der Waals surface area contributed by atoms with E-state index < -0.39 is 37.7 Å². The Balaban J connectivity index is 2.95. The van der Waals surface area contributed by atoms with E-state index in [-0.39, 0.29) is 17.9 Å². The highest BCUT2D eigenvalue weighted by Gasteiger charge is 2.19. The second kappa shape index (κ2) is 5.95. The minimum Gasteiger partial charge on any atom is -0.351 e. The fraction of sp³-hybridized carbons (Fsp3) is 0.364. The van der Waals surface area contributed by atoms with Gasteiger partial charge in [-0.1, -0.05) is 0 Å². The quantitative estimate of drug-likeness (QED) is 0.640. The Morgan fingerprint density at radius 3 is 2.55 bits per heavy atom. The van der Waals surface area contributed by atoms with Crippen LogP contribution in [-0.2, 0) is 9.84 Å². The zero-order chi connectivity index (χ0) is 15.5. The standard InChI is InChI=1S/C11H13FN2O5S/c1-7-5-8(14(16)17)6-9(10(7)12)11(15)13-3-4-20(2,18)19/h5-6H,3-4H2,1-2H3,(H,13,15). The molecule has 0 aliphatic heterocycles. The fourth-order valence-electron chi connectivity index (χ4n) is 1.47. The molecule has 0 aromatic heterocycles. The smallest absolute Gasteiger partial charge is 0.270 e. The van der Waals surface area contributed by atoms with Gasteiger partial charge < -0.3 is 5.32 Å². The van der Waals surface area contributed by atoms with Crippen molar-refractivity contribution in [2.75, 3.05) is 18.6 Å². The first-order valence-electron chi connectivity index (χ1n) is 5.52. The van der Waals surface area contributed by atoms with E-state index in [1.807, 2.05) is 0 Å². The second-order valence-electron chi connectivity index (χ2n) is 4.27. The molecule has 0 spiro atoms. The van der Waals surface area contributed by atoms with E-state index in [9.17, 15) is 27.7 Å². The van der Waals surface area contributed by atoms with Gasteiger partial charge in [-0.25, -0.2) is 12.8 Å². The van der Waals surface area contributed by atoms with Gasteiger partial charge >= 0.3 is 0 Å². The first kappa shape index (κ1) is 16.0. The molecule has 7 nitrogen and oxygen atoms in total. The van der Waals surface area contributed by atoms with E-state index in [1.54, 1.807) is 0 Å². The van der Waals surface area contributed by atoms with Crippen LogP contribution in [0, 0.1) is 22.9 Å². The largest absolute Gasteiger partial charge is 0.351 e. The molecule has 1 aromatic rings. The van der Waals surface area contributed by atoms with Gasteiger partial charge in [-0.05, 0) is 12.5 Å². The maximum absolute atomic E-state index is 13.8. The van der Waals surface area contributed by atoms with Gasteiger partial charge in [0.25, 0.3) is 11.6 Å². The van der Waals surface area contributed by atoms with Gasteiger partial charge in [0.05, 0.1) is 16.2 Å². The molecule has 0 atom stereocenters. The maximum Gasteiger partial charge on any atom is 0.270 e. The maximum atomic E-state index is 13.8. The monoisotopic (exact) mass is 304 g/mol. The normalized spacial score (nSPS) is 11.2. The second-order valence-corrected chi connectivity index (χ2v) is 6.53. The van der Waals surface area contributed by atoms with Crippen molar-refractivity contribution < 1.29 is 22.5 Å². The summed E-state index contributed by atoms with van der Waals surface area (Å²) in [6.45, 7) is 1.11. The molecular formula is C11H13FN2O5S. The Morgan fingerprint density at radius 2 is 2.05 bits per heavy atom. The molecule has 0 saturated carbocycles. The molecule has 1 N–H and O–H groups in total. The lowest BCUT2D eigenvalue weighted by Crippen LogP contribution is -2.29. The van der Waals surface area contributed by atoms with Crippen LogP contribution in [0.4, 0.5) is 10.1 Å². The lowest BCUT2D eigenvalue weighted by molar-refractivity contribution is -0.385. The molecule has 1 aromatic carbocycles. The number of non-ortho nitro benzene ring substituents is 1. The van der Waals surface area contributed by atoms with Crippen molar-refractivity contribution in [1.82, 2.24) is 5.32 Å². The predicted octanol–water partition coefficient (Wildman–Crippen LogP) is 0.817. The van der Waals surface area contributed by atoms with Crippen molar-refractivity contribution in [1.29, 1.82) is 0 Å². The van der Waals surface area contributed by atoms with Crippen LogP contribution < -0.4 is 5.32 Å². The molecule has 1 amide bonds. The lowest BCUT2D eigenvalue weighted by atomic mass is 10.1. The highest BCUT2D eigenvalue weighted by atomic mass is 32.2. The number of benzene rings is 1. The van der Waals surface area contributed by atoms with Gasteiger partial charge in [-0.3, -0.25) is 14.9 Å². The summed E-state index contributed by atoms with van der Waals surface area (Å²) < 4.78 is 35.6. The van der Waals surface area contributed by atoms with E-state index in [2.05, 4.69) is 5.32 Å². The molecule has 0 aliphatic rings. The topological polar surface area (TPSA) is 106 Å². The number of nitrogens with one attached hydrogen (secondary N) is 1. The van der Waals surface area contributed by atoms with Crippen molar-refractivity contribution >= 4 is 21.4 Å². The number of hydrogen-bond acceptors (Lipinski definition) is 5. The number of hydrogen-bond donors (Lipinski definition) is 1. The molecule has 1 rings (SSSR count). The molecule has 0 aliphatic carbocycles. The number of halogens is 1. The van der Waals surface area contributed by atoms with Crippen molar-refractivity contribution in [3.05, 3.63) is 39.2 Å². The summed E-state index contributed by atoms with van der Waals surface area (Å²) in [5.41, 5.74) is -0.921. The van der Waals surface area contributed by atoms with Gasteiger partial charge in [-0.15, -0.1) is 0 Å². The van der Waals surface area contributed by atoms with Crippen LogP contribution in [0.15, 0.2) is 12.1 Å². The van der Waals surface area contributed by atoms with Gasteiger partial charge in [0.1, 0.15) is 15.7 Å². The minimum absolute atomic E-state index is 0.0348. The Labute approximate surface area is 114 Å². The van der Waals surface area contributed by atoms with Crippen molar-refractivity contribution in [2.45, 2.75) is 6.92 Å². The summed E-state index contributed by atoms with van der Waals surface area (Å²) in [7, 11) is -3.26. The summed E-state index contributed by atoms with van der Waals surface area (Å²) in [6, 6.07) is 1.83. The fourth-order valence-corrected chi connectivity index (χ4v) is 1.94. The van der Waals surface area contributed by atoms with Gasteiger partial charge in [0.15, 0.2) is 0 Å². The Bertz CT molecular complexity index is 657. The lowest BCUT2D eigenvalue weighted by Gasteiger charge is -2.07. The number of sulfone groups is 1. The molecular weight excluding hydrogens is 291 g/mol. The Kier molecular flexibility index (Phi) is 4.77. The van der Waals surface area contributed by atoms with Crippen LogP contribution >= 0.6 is 0 Å². The van der Waals surface area contributed by atoms with E-state index in [1.165, 1.54) is 6.92 Å². The summed E-state index contributed by atoms with van der Waals surface area (Å²) in [4.78, 5) is 21.6. The van der Waals surface area contributed by atoms with Crippen LogP contribution in [0.25, 0.3) is 0 Å². The number of nitrogens with zero attached hydrogens (tertiary/aromatic N) is 1. The zero-order valence-corrected chi connectivity index (χ0v) is 11.7. The summed E-state index contributed by atoms with van der Waals surface area (Å²) in [5, 5.41) is 12.9. The number of nitro benzene ring substituents is 1. The molecule has 110 valence electrons. The first-order valence-corrected chi connectivity index (χ1v) is 7.58. The number of nitro groups is 1. The van der Waals surface area contributed by atoms with Crippen LogP contribution in [0.5, 0.6) is 0 Å². The third-order valence-corrected chi connectivity index (χ3v) is 3.40. The van der Waals surface area contributed by atoms with Gasteiger partial charge in [0, 0.05) is 24.9 Å². The average Bonchev–Trinajstić information content (AvgIpc) is 2.30. The molecule has 0 unspecified atom stereocenters.